The van der Waals surface area contributed by atoms with Gasteiger partial charge >= 0.3 is 0 Å². The predicted octanol–water partition coefficient (Wildman–Crippen LogP) is 3.99. The third-order valence-electron chi connectivity index (χ3n) is 5.55. The summed E-state index contributed by atoms with van der Waals surface area (Å²) in [6.07, 6.45) is 2.48. The summed E-state index contributed by atoms with van der Waals surface area (Å²) in [6.45, 7) is 2.40. The van der Waals surface area contributed by atoms with Crippen LogP contribution in [0.15, 0.2) is 17.5 Å². The van der Waals surface area contributed by atoms with E-state index in [-0.39, 0.29) is 30.0 Å². The molecule has 9 heteroatoms. The van der Waals surface area contributed by atoms with E-state index in [1.807, 2.05) is 0 Å². The highest BCUT2D eigenvalue weighted by Crippen LogP contribution is 2.37. The van der Waals surface area contributed by atoms with Crippen molar-refractivity contribution >= 4 is 46.4 Å². The molecule has 1 saturated carbocycles. The summed E-state index contributed by atoms with van der Waals surface area (Å²) in [5.74, 6) is -0.390. The van der Waals surface area contributed by atoms with E-state index in [0.717, 1.165) is 17.8 Å². The first kappa shape index (κ1) is 20.6. The molecule has 1 aliphatic heterocycles. The number of thiazole rings is 1. The van der Waals surface area contributed by atoms with E-state index in [9.17, 15) is 14.7 Å². The molecule has 2 aromatic rings. The third-order valence-corrected chi connectivity index (χ3v) is 7.39. The summed E-state index contributed by atoms with van der Waals surface area (Å²) in [7, 11) is 0. The first-order valence-corrected chi connectivity index (χ1v) is 11.2. The van der Waals surface area contributed by atoms with E-state index in [1.54, 1.807) is 29.3 Å². The summed E-state index contributed by atoms with van der Waals surface area (Å²) < 4.78 is 0. The summed E-state index contributed by atoms with van der Waals surface area (Å²) >= 11 is 13.9. The molecule has 0 radical (unpaired) electrons. The molecule has 2 fully saturated rings. The average molecular weight is 454 g/mol. The number of rotatable bonds is 4. The topological polar surface area (TPSA) is 82.5 Å². The van der Waals surface area contributed by atoms with Gasteiger partial charge in [-0.15, -0.1) is 11.3 Å². The molecule has 2 aliphatic rings. The van der Waals surface area contributed by atoms with Crippen LogP contribution >= 0.6 is 34.5 Å². The summed E-state index contributed by atoms with van der Waals surface area (Å²) in [6, 6.07) is 3.17. The Labute approximate surface area is 182 Å². The van der Waals surface area contributed by atoms with Crippen LogP contribution in [0.4, 0.5) is 0 Å². The maximum atomic E-state index is 13.2. The van der Waals surface area contributed by atoms with Gasteiger partial charge in [-0.25, -0.2) is 4.98 Å². The van der Waals surface area contributed by atoms with Crippen molar-refractivity contribution in [3.8, 4) is 0 Å². The number of aliphatic hydroxyl groups excluding tert-OH is 1. The number of hydrogen-bond acceptors (Lipinski definition) is 5. The van der Waals surface area contributed by atoms with Gasteiger partial charge in [0.05, 0.1) is 22.7 Å². The van der Waals surface area contributed by atoms with Crippen LogP contribution < -0.4 is 5.32 Å². The maximum absolute atomic E-state index is 13.2. The highest BCUT2D eigenvalue weighted by atomic mass is 35.5. The molecule has 4 rings (SSSR count). The molecule has 29 heavy (non-hydrogen) atoms. The van der Waals surface area contributed by atoms with E-state index in [1.165, 1.54) is 11.3 Å². The van der Waals surface area contributed by atoms with Gasteiger partial charge < -0.3 is 15.3 Å². The zero-order chi connectivity index (χ0) is 20.7. The number of carbonyl (C=O) groups excluding carboxylic acids is 2. The van der Waals surface area contributed by atoms with Gasteiger partial charge in [0, 0.05) is 23.0 Å². The molecule has 1 saturated heterocycles. The van der Waals surface area contributed by atoms with Crippen LogP contribution in [-0.4, -0.2) is 45.5 Å². The number of likely N-dealkylation sites (tertiary alicyclic amines) is 1. The van der Waals surface area contributed by atoms with Crippen LogP contribution in [0.3, 0.4) is 0 Å². The Morgan fingerprint density at radius 2 is 2.07 bits per heavy atom. The molecular formula is C20H21Cl2N3O3S. The van der Waals surface area contributed by atoms with Gasteiger partial charge in [0.25, 0.3) is 11.8 Å². The molecule has 1 aromatic carbocycles. The monoisotopic (exact) mass is 453 g/mol. The van der Waals surface area contributed by atoms with Crippen molar-refractivity contribution < 1.29 is 14.7 Å². The van der Waals surface area contributed by atoms with E-state index in [0.29, 0.717) is 46.3 Å². The van der Waals surface area contributed by atoms with E-state index < -0.39 is 0 Å². The second-order valence-corrected chi connectivity index (χ2v) is 9.23. The van der Waals surface area contributed by atoms with Gasteiger partial charge in [-0.1, -0.05) is 23.2 Å². The Morgan fingerprint density at radius 3 is 2.79 bits per heavy atom. The molecule has 2 N–H and O–H groups in total. The Kier molecular flexibility index (Phi) is 5.84. The van der Waals surface area contributed by atoms with Crippen molar-refractivity contribution in [1.82, 2.24) is 15.2 Å². The molecule has 2 heterocycles. The van der Waals surface area contributed by atoms with Gasteiger partial charge in [0.1, 0.15) is 10.7 Å². The van der Waals surface area contributed by atoms with Crippen molar-refractivity contribution in [3.63, 3.8) is 0 Å². The first-order chi connectivity index (χ1) is 13.8. The predicted molar refractivity (Wildman–Crippen MR) is 113 cm³/mol. The molecule has 0 bridgehead atoms. The normalized spacial score (nSPS) is 23.7. The van der Waals surface area contributed by atoms with Crippen molar-refractivity contribution in [3.05, 3.63) is 49.4 Å². The first-order valence-electron chi connectivity index (χ1n) is 9.55. The second-order valence-electron chi connectivity index (χ2n) is 7.56. The number of aliphatic hydroxyl groups is 1. The molecule has 0 spiro atoms. The average Bonchev–Trinajstić information content (AvgIpc) is 3.33. The minimum Gasteiger partial charge on any atom is -0.393 e. The van der Waals surface area contributed by atoms with E-state index in [4.69, 9.17) is 23.2 Å². The number of halogens is 2. The molecule has 154 valence electrons. The summed E-state index contributed by atoms with van der Waals surface area (Å²) in [5.41, 5.74) is 1.47. The SMILES string of the molecule is Cc1c(Cl)ccc(C(=O)N2CCCC2c2nc(C(=O)NC3CC(O)C3)cs2)c1Cl. The molecule has 1 aromatic heterocycles. The molecule has 2 amide bonds. The standard InChI is InChI=1S/C20H21Cl2N3O3S/c1-10-14(21)5-4-13(17(10)22)20(28)25-6-2-3-16(25)19-24-15(9-29-19)18(27)23-11-7-12(26)8-11/h4-5,9,11-12,16,26H,2-3,6-8H2,1H3,(H,23,27). The van der Waals surface area contributed by atoms with Crippen molar-refractivity contribution in [2.24, 2.45) is 0 Å². The third kappa shape index (κ3) is 4.01. The number of hydrogen-bond donors (Lipinski definition) is 2. The minimum atomic E-state index is -0.326. The van der Waals surface area contributed by atoms with Gasteiger partial charge in [0.15, 0.2) is 0 Å². The molecule has 1 atom stereocenters. The summed E-state index contributed by atoms with van der Waals surface area (Å²) in [5, 5.41) is 15.6. The zero-order valence-corrected chi connectivity index (χ0v) is 18.2. The van der Waals surface area contributed by atoms with Crippen LogP contribution in [0.25, 0.3) is 0 Å². The number of aromatic nitrogens is 1. The highest BCUT2D eigenvalue weighted by molar-refractivity contribution is 7.09. The fourth-order valence-corrected chi connectivity index (χ4v) is 5.15. The Balaban J connectivity index is 1.50. The van der Waals surface area contributed by atoms with Crippen LogP contribution in [0, 0.1) is 6.92 Å². The number of benzene rings is 1. The number of carbonyl (C=O) groups is 2. The lowest BCUT2D eigenvalue weighted by molar-refractivity contribution is 0.0560. The lowest BCUT2D eigenvalue weighted by Gasteiger charge is -2.31. The van der Waals surface area contributed by atoms with Gasteiger partial charge in [-0.05, 0) is 50.3 Å². The quantitative estimate of drug-likeness (QED) is 0.732. The number of nitrogens with one attached hydrogen (secondary N) is 1. The largest absolute Gasteiger partial charge is 0.393 e. The smallest absolute Gasteiger partial charge is 0.270 e. The fourth-order valence-electron chi connectivity index (χ4n) is 3.76. The van der Waals surface area contributed by atoms with Crippen molar-refractivity contribution in [2.45, 2.75) is 50.8 Å². The van der Waals surface area contributed by atoms with Gasteiger partial charge in [-0.2, -0.15) is 0 Å². The van der Waals surface area contributed by atoms with Gasteiger partial charge in [0.2, 0.25) is 0 Å². The van der Waals surface area contributed by atoms with Crippen LogP contribution in [-0.2, 0) is 0 Å². The lowest BCUT2D eigenvalue weighted by atomic mass is 9.89. The minimum absolute atomic E-state index is 0.00231. The fraction of sp³-hybridized carbons (Fsp3) is 0.450. The maximum Gasteiger partial charge on any atom is 0.270 e. The zero-order valence-electron chi connectivity index (χ0n) is 15.8. The van der Waals surface area contributed by atoms with Crippen molar-refractivity contribution in [2.75, 3.05) is 6.54 Å². The summed E-state index contributed by atoms with van der Waals surface area (Å²) in [4.78, 5) is 31.8. The van der Waals surface area contributed by atoms with Crippen LogP contribution in [0.5, 0.6) is 0 Å². The Morgan fingerprint density at radius 1 is 1.31 bits per heavy atom. The number of amides is 2. The van der Waals surface area contributed by atoms with Gasteiger partial charge in [-0.3, -0.25) is 9.59 Å². The lowest BCUT2D eigenvalue weighted by Crippen LogP contribution is -2.46. The van der Waals surface area contributed by atoms with Crippen LogP contribution in [0.2, 0.25) is 10.0 Å². The molecule has 6 nitrogen and oxygen atoms in total. The van der Waals surface area contributed by atoms with E-state index >= 15 is 0 Å². The van der Waals surface area contributed by atoms with E-state index in [2.05, 4.69) is 10.3 Å². The van der Waals surface area contributed by atoms with Crippen molar-refractivity contribution in [1.29, 1.82) is 0 Å². The molecule has 1 unspecified atom stereocenters. The second kappa shape index (κ2) is 8.22. The number of nitrogens with zero attached hydrogens (tertiary/aromatic N) is 2. The Hall–Kier alpha value is -1.67. The molecule has 1 aliphatic carbocycles. The Bertz CT molecular complexity index is 958. The van der Waals surface area contributed by atoms with Crippen LogP contribution in [0.1, 0.15) is 63.1 Å². The molecular weight excluding hydrogens is 433 g/mol. The highest BCUT2D eigenvalue weighted by Gasteiger charge is 2.34.